The molecule has 14 nitrogen and oxygen atoms in total. The fourth-order valence-electron chi connectivity index (χ4n) is 5.13. The molecule has 0 aromatic rings. The lowest BCUT2D eigenvalue weighted by atomic mass is 9.76. The molecule has 3 aliphatic rings. The predicted molar refractivity (Wildman–Crippen MR) is 133 cm³/mol. The van der Waals surface area contributed by atoms with Crippen LogP contribution in [0.25, 0.3) is 0 Å². The largest absolute Gasteiger partial charge is 0.472 e. The van der Waals surface area contributed by atoms with Gasteiger partial charge in [-0.1, -0.05) is 27.7 Å². The molecule has 0 radical (unpaired) electrons. The van der Waals surface area contributed by atoms with Crippen molar-refractivity contribution >= 4 is 34.2 Å². The third-order valence-corrected chi connectivity index (χ3v) is 8.70. The standard InChI is InChI=1S/C20H37N5O9P2/c1-5-13(6-2)33-36(29,30)32-10-15-16(20(7-3,8-4)34-35(26,27)28)14(9-31-15)25-12-24-17-18(21)22-11-23-19(17)25/h11-17,19H,5-10H2,1-4H3,(H,29,30)(H2,21,22,23)(H2,26,27,28). The number of rotatable bonds is 13. The van der Waals surface area contributed by atoms with Crippen molar-refractivity contribution < 1.29 is 42.1 Å². The van der Waals surface area contributed by atoms with Gasteiger partial charge in [-0.25, -0.2) is 19.1 Å². The molecule has 5 N–H and O–H groups in total. The second kappa shape index (κ2) is 11.7. The first-order valence-corrected chi connectivity index (χ1v) is 15.1. The second-order valence-corrected chi connectivity index (χ2v) is 11.6. The maximum atomic E-state index is 12.6. The molecule has 1 fully saturated rings. The summed E-state index contributed by atoms with van der Waals surface area (Å²) in [6.45, 7) is 6.93. The van der Waals surface area contributed by atoms with E-state index in [0.717, 1.165) is 0 Å². The van der Waals surface area contributed by atoms with Gasteiger partial charge < -0.3 is 30.1 Å². The van der Waals surface area contributed by atoms with E-state index in [-0.39, 0.29) is 26.1 Å². The molecule has 6 atom stereocenters. The smallest absolute Gasteiger partial charge is 0.385 e. The topological polar surface area (TPSA) is 198 Å². The Morgan fingerprint density at radius 3 is 2.44 bits per heavy atom. The van der Waals surface area contributed by atoms with Crippen molar-refractivity contribution in [2.45, 2.75) is 89.4 Å². The minimum atomic E-state index is -4.92. The summed E-state index contributed by atoms with van der Waals surface area (Å²) in [7, 11) is -9.34. The second-order valence-electron chi connectivity index (χ2n) is 9.02. The normalized spacial score (nSPS) is 30.1. The maximum absolute atomic E-state index is 12.6. The molecule has 3 heterocycles. The third-order valence-electron chi connectivity index (χ3n) is 7.06. The van der Waals surface area contributed by atoms with Gasteiger partial charge in [0.05, 0.1) is 43.4 Å². The molecule has 16 heteroatoms. The van der Waals surface area contributed by atoms with Crippen molar-refractivity contribution in [2.24, 2.45) is 26.6 Å². The zero-order chi connectivity index (χ0) is 26.7. The summed E-state index contributed by atoms with van der Waals surface area (Å²) in [6, 6.07) is -1.01. The van der Waals surface area contributed by atoms with Gasteiger partial charge in [0.25, 0.3) is 0 Å². The molecule has 1 saturated heterocycles. The summed E-state index contributed by atoms with van der Waals surface area (Å²) in [5.41, 5.74) is 4.64. The first kappa shape index (κ1) is 29.3. The predicted octanol–water partition coefficient (Wildman–Crippen LogP) is 1.80. The van der Waals surface area contributed by atoms with Crippen LogP contribution >= 0.6 is 15.6 Å². The molecule has 3 rings (SSSR count). The Kier molecular flexibility index (Phi) is 9.52. The van der Waals surface area contributed by atoms with Crippen LogP contribution in [0.1, 0.15) is 53.4 Å². The van der Waals surface area contributed by atoms with E-state index >= 15 is 0 Å². The van der Waals surface area contributed by atoms with Crippen molar-refractivity contribution in [3.8, 4) is 0 Å². The summed E-state index contributed by atoms with van der Waals surface area (Å²) in [6.07, 6.45) is 2.62. The summed E-state index contributed by atoms with van der Waals surface area (Å²) < 4.78 is 46.7. The average molecular weight is 553 g/mol. The lowest BCUT2D eigenvalue weighted by molar-refractivity contribution is -0.0735. The zero-order valence-electron chi connectivity index (χ0n) is 20.9. The van der Waals surface area contributed by atoms with Gasteiger partial charge in [0, 0.05) is 5.92 Å². The molecule has 6 unspecified atom stereocenters. The summed E-state index contributed by atoms with van der Waals surface area (Å²) >= 11 is 0. The first-order valence-electron chi connectivity index (χ1n) is 12.1. The van der Waals surface area contributed by atoms with E-state index < -0.39 is 57.6 Å². The number of hydrogen-bond donors (Lipinski definition) is 4. The highest BCUT2D eigenvalue weighted by atomic mass is 31.2. The fourth-order valence-corrected chi connectivity index (χ4v) is 7.06. The molecule has 0 saturated carbocycles. The number of phosphoric acid groups is 2. The van der Waals surface area contributed by atoms with Gasteiger partial charge in [0.1, 0.15) is 18.2 Å². The molecular weight excluding hydrogens is 516 g/mol. The summed E-state index contributed by atoms with van der Waals surface area (Å²) in [4.78, 5) is 44.4. The molecule has 0 aromatic carbocycles. The van der Waals surface area contributed by atoms with Crippen molar-refractivity contribution in [3.63, 3.8) is 0 Å². The monoisotopic (exact) mass is 553 g/mol. The SMILES string of the molecule is CCC(CC)OP(=O)(O)OCC1OCC(N2C=NC3C(N)=NC=NC32)C1C(CC)(CC)OP(=O)(O)O. The van der Waals surface area contributed by atoms with Crippen LogP contribution in [0.4, 0.5) is 0 Å². The molecule has 0 bridgehead atoms. The molecule has 0 spiro atoms. The number of phosphoric ester groups is 2. The zero-order valence-corrected chi connectivity index (χ0v) is 22.7. The van der Waals surface area contributed by atoms with Crippen LogP contribution in [0, 0.1) is 5.92 Å². The first-order chi connectivity index (χ1) is 16.9. The number of nitrogens with two attached hydrogens (primary N) is 1. The molecule has 3 aliphatic heterocycles. The highest BCUT2D eigenvalue weighted by Crippen LogP contribution is 2.52. The lowest BCUT2D eigenvalue weighted by Crippen LogP contribution is -2.56. The van der Waals surface area contributed by atoms with E-state index in [4.69, 9.17) is 24.0 Å². The molecule has 0 aliphatic carbocycles. The fraction of sp³-hybridized carbons (Fsp3) is 0.850. The van der Waals surface area contributed by atoms with Crippen LogP contribution in [-0.4, -0.2) is 87.4 Å². The highest BCUT2D eigenvalue weighted by Gasteiger charge is 2.56. The van der Waals surface area contributed by atoms with Crippen molar-refractivity contribution in [3.05, 3.63) is 0 Å². The Bertz CT molecular complexity index is 950. The minimum absolute atomic E-state index is 0.107. The summed E-state index contributed by atoms with van der Waals surface area (Å²) in [5, 5.41) is 0. The van der Waals surface area contributed by atoms with E-state index in [1.165, 1.54) is 6.34 Å². The lowest BCUT2D eigenvalue weighted by Gasteiger charge is -2.44. The minimum Gasteiger partial charge on any atom is -0.385 e. The van der Waals surface area contributed by atoms with Crippen LogP contribution in [0.3, 0.4) is 0 Å². The molecule has 0 aromatic heterocycles. The van der Waals surface area contributed by atoms with Crippen molar-refractivity contribution in [1.82, 2.24) is 4.90 Å². The van der Waals surface area contributed by atoms with Gasteiger partial charge in [0.2, 0.25) is 0 Å². The van der Waals surface area contributed by atoms with Gasteiger partial charge in [-0.2, -0.15) is 0 Å². The van der Waals surface area contributed by atoms with Gasteiger partial charge in [-0.15, -0.1) is 0 Å². The van der Waals surface area contributed by atoms with Gasteiger partial charge in [-0.05, 0) is 25.7 Å². The summed E-state index contributed by atoms with van der Waals surface area (Å²) in [5.74, 6) is -0.402. The third kappa shape index (κ3) is 6.43. The molecule has 0 amide bonds. The Balaban J connectivity index is 1.91. The van der Waals surface area contributed by atoms with Gasteiger partial charge in [0.15, 0.2) is 6.17 Å². The van der Waals surface area contributed by atoms with Gasteiger partial charge >= 0.3 is 15.6 Å². The van der Waals surface area contributed by atoms with E-state index in [1.807, 2.05) is 18.7 Å². The number of aliphatic imine (C=N–C) groups is 3. The molecular formula is C20H37N5O9P2. The van der Waals surface area contributed by atoms with E-state index in [2.05, 4.69) is 15.0 Å². The molecule has 36 heavy (non-hydrogen) atoms. The Hall–Kier alpha value is -1.21. The number of hydrogen-bond acceptors (Lipinski definition) is 11. The quantitative estimate of drug-likeness (QED) is 0.243. The van der Waals surface area contributed by atoms with Crippen molar-refractivity contribution in [2.75, 3.05) is 13.2 Å². The molecule has 206 valence electrons. The van der Waals surface area contributed by atoms with Crippen LogP contribution in [0.2, 0.25) is 0 Å². The van der Waals surface area contributed by atoms with Crippen LogP contribution in [0.5, 0.6) is 0 Å². The van der Waals surface area contributed by atoms with E-state index in [9.17, 15) is 23.8 Å². The Morgan fingerprint density at radius 2 is 1.86 bits per heavy atom. The van der Waals surface area contributed by atoms with Crippen LogP contribution in [0.15, 0.2) is 15.0 Å². The average Bonchev–Trinajstić information content (AvgIpc) is 3.44. The number of ether oxygens (including phenoxy) is 1. The number of amidine groups is 1. The van der Waals surface area contributed by atoms with Crippen LogP contribution in [-0.2, 0) is 27.4 Å². The highest BCUT2D eigenvalue weighted by molar-refractivity contribution is 7.47. The van der Waals surface area contributed by atoms with E-state index in [0.29, 0.717) is 18.7 Å². The van der Waals surface area contributed by atoms with Crippen molar-refractivity contribution in [1.29, 1.82) is 0 Å². The Labute approximate surface area is 210 Å². The number of fused-ring (bicyclic) bond motifs is 1. The van der Waals surface area contributed by atoms with Crippen LogP contribution < -0.4 is 5.73 Å². The number of nitrogens with zero attached hydrogens (tertiary/aromatic N) is 4. The Morgan fingerprint density at radius 1 is 1.19 bits per heavy atom. The van der Waals surface area contributed by atoms with E-state index in [1.54, 1.807) is 20.2 Å². The van der Waals surface area contributed by atoms with Gasteiger partial charge in [-0.3, -0.25) is 18.6 Å². The maximum Gasteiger partial charge on any atom is 0.472 e.